The third-order valence-corrected chi connectivity index (χ3v) is 4.49. The number of nitrogens with one attached hydrogen (secondary N) is 1. The van der Waals surface area contributed by atoms with E-state index >= 15 is 0 Å². The van der Waals surface area contributed by atoms with Crippen LogP contribution in [-0.4, -0.2) is 31.7 Å². The molecule has 2 rings (SSSR count). The number of amides is 1. The molecule has 0 radical (unpaired) electrons. The molecule has 0 fully saturated rings. The molecule has 9 nitrogen and oxygen atoms in total. The lowest BCUT2D eigenvalue weighted by Crippen LogP contribution is -2.16. The molecule has 24 heavy (non-hydrogen) atoms. The molecule has 10 heteroatoms. The summed E-state index contributed by atoms with van der Waals surface area (Å²) < 4.78 is 1.30. The van der Waals surface area contributed by atoms with Crippen molar-refractivity contribution in [3.63, 3.8) is 0 Å². The fourth-order valence-electron chi connectivity index (χ4n) is 2.29. The van der Waals surface area contributed by atoms with Crippen LogP contribution in [0.4, 0.5) is 10.7 Å². The summed E-state index contributed by atoms with van der Waals surface area (Å²) >= 11 is 1.23. The maximum Gasteiger partial charge on any atom is 0.339 e. The molecule has 2 aromatic heterocycles. The van der Waals surface area contributed by atoms with Crippen molar-refractivity contribution in [1.29, 1.82) is 0 Å². The number of thiophene rings is 1. The van der Waals surface area contributed by atoms with E-state index in [2.05, 4.69) is 10.4 Å². The minimum atomic E-state index is -1.07. The van der Waals surface area contributed by atoms with Crippen molar-refractivity contribution in [1.82, 2.24) is 9.78 Å². The lowest BCUT2D eigenvalue weighted by Gasteiger charge is -2.05. The third-order valence-electron chi connectivity index (χ3n) is 3.43. The van der Waals surface area contributed by atoms with E-state index in [9.17, 15) is 24.8 Å². The van der Waals surface area contributed by atoms with Gasteiger partial charge in [-0.3, -0.25) is 19.6 Å². The standard InChI is InChI=1S/C14H16N4O5S/c1-3-10-8(2)24-13(12(10)14(20)21)16-11(19)4-5-17-7-9(6-15-17)18(22)23/h6-7H,3-5H2,1-2H3,(H,16,19)(H,20,21). The van der Waals surface area contributed by atoms with Gasteiger partial charge in [-0.25, -0.2) is 4.79 Å². The second-order valence-corrected chi connectivity index (χ2v) is 6.24. The molecule has 0 aliphatic carbocycles. The summed E-state index contributed by atoms with van der Waals surface area (Å²) in [6.07, 6.45) is 2.93. The van der Waals surface area contributed by atoms with E-state index in [1.54, 1.807) is 0 Å². The Morgan fingerprint density at radius 3 is 2.75 bits per heavy atom. The Hall–Kier alpha value is -2.75. The summed E-state index contributed by atoms with van der Waals surface area (Å²) in [5.74, 6) is -1.45. The minimum Gasteiger partial charge on any atom is -0.478 e. The Morgan fingerprint density at radius 2 is 2.21 bits per heavy atom. The summed E-state index contributed by atoms with van der Waals surface area (Å²) in [6, 6.07) is 0. The number of carboxylic acid groups (broad SMARTS) is 1. The van der Waals surface area contributed by atoms with Gasteiger partial charge in [0.2, 0.25) is 5.91 Å². The van der Waals surface area contributed by atoms with Crippen molar-refractivity contribution in [3.8, 4) is 0 Å². The van der Waals surface area contributed by atoms with E-state index in [1.165, 1.54) is 22.2 Å². The SMILES string of the molecule is CCc1c(C)sc(NC(=O)CCn2cc([N+](=O)[O-])cn2)c1C(=O)O. The lowest BCUT2D eigenvalue weighted by atomic mass is 10.1. The first-order valence-corrected chi connectivity index (χ1v) is 7.97. The van der Waals surface area contributed by atoms with Crippen LogP contribution in [0.3, 0.4) is 0 Å². The molecule has 2 heterocycles. The predicted molar refractivity (Wildman–Crippen MR) is 87.5 cm³/mol. The molecule has 1 amide bonds. The number of aryl methyl sites for hydroxylation is 2. The van der Waals surface area contributed by atoms with Gasteiger partial charge in [0.05, 0.1) is 10.5 Å². The van der Waals surface area contributed by atoms with Gasteiger partial charge in [-0.2, -0.15) is 5.10 Å². The van der Waals surface area contributed by atoms with Gasteiger partial charge in [0, 0.05) is 17.8 Å². The van der Waals surface area contributed by atoms with Gasteiger partial charge in [-0.05, 0) is 18.9 Å². The van der Waals surface area contributed by atoms with Crippen LogP contribution >= 0.6 is 11.3 Å². The fourth-order valence-corrected chi connectivity index (χ4v) is 3.45. The number of aromatic carboxylic acids is 1. The van der Waals surface area contributed by atoms with E-state index < -0.39 is 10.9 Å². The van der Waals surface area contributed by atoms with E-state index in [4.69, 9.17) is 0 Å². The number of carbonyl (C=O) groups is 2. The van der Waals surface area contributed by atoms with Crippen molar-refractivity contribution in [3.05, 3.63) is 38.5 Å². The molecule has 2 aromatic rings. The number of rotatable bonds is 7. The van der Waals surface area contributed by atoms with Gasteiger partial charge < -0.3 is 10.4 Å². The van der Waals surface area contributed by atoms with Gasteiger partial charge in [-0.15, -0.1) is 11.3 Å². The summed E-state index contributed by atoms with van der Waals surface area (Å²) in [7, 11) is 0. The molecule has 0 aliphatic heterocycles. The summed E-state index contributed by atoms with van der Waals surface area (Å²) in [5, 5.41) is 26.6. The number of nitro groups is 1. The maximum atomic E-state index is 12.0. The fraction of sp³-hybridized carbons (Fsp3) is 0.357. The van der Waals surface area contributed by atoms with Crippen LogP contribution in [0.25, 0.3) is 0 Å². The second-order valence-electron chi connectivity index (χ2n) is 5.02. The number of anilines is 1. The molecule has 2 N–H and O–H groups in total. The molecule has 0 spiro atoms. The minimum absolute atomic E-state index is 0.0241. The zero-order valence-corrected chi connectivity index (χ0v) is 13.9. The van der Waals surface area contributed by atoms with Gasteiger partial charge in [0.25, 0.3) is 0 Å². The Morgan fingerprint density at radius 1 is 1.50 bits per heavy atom. The average molecular weight is 352 g/mol. The van der Waals surface area contributed by atoms with Gasteiger partial charge in [0.15, 0.2) is 0 Å². The van der Waals surface area contributed by atoms with Crippen molar-refractivity contribution in [2.24, 2.45) is 0 Å². The number of carbonyl (C=O) groups excluding carboxylic acids is 1. The van der Waals surface area contributed by atoms with Crippen molar-refractivity contribution >= 4 is 33.9 Å². The first-order valence-electron chi connectivity index (χ1n) is 7.15. The van der Waals surface area contributed by atoms with Gasteiger partial charge >= 0.3 is 11.7 Å². The highest BCUT2D eigenvalue weighted by Gasteiger charge is 2.21. The number of nitrogens with zero attached hydrogens (tertiary/aromatic N) is 3. The zero-order valence-electron chi connectivity index (χ0n) is 13.1. The normalized spacial score (nSPS) is 10.6. The summed E-state index contributed by atoms with van der Waals surface area (Å²) in [5.41, 5.74) is 0.693. The van der Waals surface area contributed by atoms with Crippen LogP contribution in [0, 0.1) is 17.0 Å². The molecule has 0 aliphatic rings. The summed E-state index contributed by atoms with van der Waals surface area (Å²) in [4.78, 5) is 34.3. The average Bonchev–Trinajstić information content (AvgIpc) is 3.09. The molecule has 0 saturated carbocycles. The van der Waals surface area contributed by atoms with Crippen LogP contribution < -0.4 is 5.32 Å². The van der Waals surface area contributed by atoms with Crippen molar-refractivity contribution < 1.29 is 19.6 Å². The number of hydrogen-bond donors (Lipinski definition) is 2. The molecular formula is C14H16N4O5S. The first-order chi connectivity index (χ1) is 11.3. The molecule has 0 unspecified atom stereocenters. The molecule has 128 valence electrons. The monoisotopic (exact) mass is 352 g/mol. The largest absolute Gasteiger partial charge is 0.478 e. The second kappa shape index (κ2) is 7.21. The van der Waals surface area contributed by atoms with E-state index in [-0.39, 0.29) is 30.1 Å². The Balaban J connectivity index is 2.04. The van der Waals surface area contributed by atoms with Crippen molar-refractivity contribution in [2.45, 2.75) is 33.2 Å². The van der Waals surface area contributed by atoms with Gasteiger partial charge in [-0.1, -0.05) is 6.92 Å². The third kappa shape index (κ3) is 3.77. The van der Waals surface area contributed by atoms with Crippen LogP contribution in [0.15, 0.2) is 12.4 Å². The highest BCUT2D eigenvalue weighted by molar-refractivity contribution is 7.16. The van der Waals surface area contributed by atoms with Crippen LogP contribution in [0.2, 0.25) is 0 Å². The molecule has 0 bridgehead atoms. The molecule has 0 aromatic carbocycles. The Labute approximate surface area is 141 Å². The Kier molecular flexibility index (Phi) is 5.29. The number of hydrogen-bond acceptors (Lipinski definition) is 6. The first kappa shape index (κ1) is 17.6. The number of carboxylic acids is 1. The van der Waals surface area contributed by atoms with Crippen molar-refractivity contribution in [2.75, 3.05) is 5.32 Å². The van der Waals surface area contributed by atoms with Crippen LogP contribution in [0.1, 0.15) is 34.1 Å². The molecular weight excluding hydrogens is 336 g/mol. The summed E-state index contributed by atoms with van der Waals surface area (Å²) in [6.45, 7) is 3.83. The highest BCUT2D eigenvalue weighted by atomic mass is 32.1. The lowest BCUT2D eigenvalue weighted by molar-refractivity contribution is -0.385. The Bertz CT molecular complexity index is 795. The van der Waals surface area contributed by atoms with E-state index in [1.807, 2.05) is 13.8 Å². The van der Waals surface area contributed by atoms with Gasteiger partial charge in [0.1, 0.15) is 17.4 Å². The zero-order chi connectivity index (χ0) is 17.9. The topological polar surface area (TPSA) is 127 Å². The quantitative estimate of drug-likeness (QED) is 0.582. The smallest absolute Gasteiger partial charge is 0.339 e. The van der Waals surface area contributed by atoms with Crippen LogP contribution in [-0.2, 0) is 17.8 Å². The predicted octanol–water partition coefficient (Wildman–Crippen LogP) is 2.45. The maximum absolute atomic E-state index is 12.0. The molecule has 0 saturated heterocycles. The molecule has 0 atom stereocenters. The number of aromatic nitrogens is 2. The van der Waals surface area contributed by atoms with E-state index in [0.29, 0.717) is 17.0 Å². The highest BCUT2D eigenvalue weighted by Crippen LogP contribution is 2.33. The van der Waals surface area contributed by atoms with Crippen LogP contribution in [0.5, 0.6) is 0 Å². The van der Waals surface area contributed by atoms with E-state index in [0.717, 1.165) is 11.1 Å².